The minimum Gasteiger partial charge on any atom is -0.507 e. The summed E-state index contributed by atoms with van der Waals surface area (Å²) in [5, 5.41) is 11.2. The molecule has 162 valence electrons. The van der Waals surface area contributed by atoms with E-state index in [2.05, 4.69) is 0 Å². The minimum absolute atomic E-state index is 0.0332. The first kappa shape index (κ1) is 19.9. The summed E-state index contributed by atoms with van der Waals surface area (Å²) < 4.78 is 16.8. The maximum atomic E-state index is 13.2. The molecule has 7 heteroatoms. The highest BCUT2D eigenvalue weighted by Gasteiger charge is 2.49. The monoisotopic (exact) mass is 431 g/mol. The molecule has 0 spiro atoms. The molecule has 3 heterocycles. The number of anilines is 1. The number of aliphatic hydroxyl groups is 1. The van der Waals surface area contributed by atoms with Crippen molar-refractivity contribution >= 4 is 23.1 Å². The number of amides is 1. The third-order valence-corrected chi connectivity index (χ3v) is 5.78. The van der Waals surface area contributed by atoms with Gasteiger partial charge in [-0.1, -0.05) is 12.1 Å². The Morgan fingerprint density at radius 2 is 1.94 bits per heavy atom. The van der Waals surface area contributed by atoms with Crippen molar-refractivity contribution in [2.45, 2.75) is 19.4 Å². The van der Waals surface area contributed by atoms with Crippen molar-refractivity contribution in [2.24, 2.45) is 0 Å². The Labute approximate surface area is 184 Å². The van der Waals surface area contributed by atoms with Crippen LogP contribution < -0.4 is 14.4 Å². The van der Waals surface area contributed by atoms with Gasteiger partial charge in [0.2, 0.25) is 0 Å². The van der Waals surface area contributed by atoms with Gasteiger partial charge < -0.3 is 19.0 Å². The summed E-state index contributed by atoms with van der Waals surface area (Å²) >= 11 is 0. The zero-order chi connectivity index (χ0) is 22.4. The molecule has 0 aliphatic carbocycles. The van der Waals surface area contributed by atoms with E-state index in [4.69, 9.17) is 13.9 Å². The number of hydrogen-bond donors (Lipinski definition) is 1. The lowest BCUT2D eigenvalue weighted by molar-refractivity contribution is -0.132. The van der Waals surface area contributed by atoms with Crippen LogP contribution >= 0.6 is 0 Å². The zero-order valence-corrected chi connectivity index (χ0v) is 17.6. The Balaban J connectivity index is 1.72. The van der Waals surface area contributed by atoms with E-state index in [-0.39, 0.29) is 11.3 Å². The molecule has 2 aliphatic heterocycles. The maximum absolute atomic E-state index is 13.2. The van der Waals surface area contributed by atoms with Gasteiger partial charge in [-0.15, -0.1) is 0 Å². The number of Topliss-reactive ketones (excluding diaryl/α,β-unsaturated/α-hetero) is 1. The normalized spacial score (nSPS) is 19.2. The van der Waals surface area contributed by atoms with Crippen LogP contribution in [0.5, 0.6) is 11.5 Å². The minimum atomic E-state index is -0.940. The second kappa shape index (κ2) is 7.60. The number of rotatable bonds is 4. The molecule has 32 heavy (non-hydrogen) atoms. The molecule has 2 aliphatic rings. The van der Waals surface area contributed by atoms with Crippen LogP contribution in [0.15, 0.2) is 64.6 Å². The number of ether oxygens (including phenoxy) is 2. The smallest absolute Gasteiger partial charge is 0.300 e. The molecular weight excluding hydrogens is 410 g/mol. The van der Waals surface area contributed by atoms with Crippen molar-refractivity contribution in [2.75, 3.05) is 18.6 Å². The van der Waals surface area contributed by atoms with Crippen LogP contribution in [0.3, 0.4) is 0 Å². The second-order valence-electron chi connectivity index (χ2n) is 7.71. The topological polar surface area (TPSA) is 89.2 Å². The molecule has 1 amide bonds. The highest BCUT2D eigenvalue weighted by atomic mass is 16.5. The molecule has 1 atom stereocenters. The van der Waals surface area contributed by atoms with Gasteiger partial charge in [0.25, 0.3) is 11.7 Å². The summed E-state index contributed by atoms with van der Waals surface area (Å²) in [6.45, 7) is 2.35. The van der Waals surface area contributed by atoms with Crippen LogP contribution in [-0.4, -0.2) is 30.5 Å². The third kappa shape index (κ3) is 3.05. The number of ketones is 1. The molecule has 0 bridgehead atoms. The molecule has 1 aromatic heterocycles. The second-order valence-corrected chi connectivity index (χ2v) is 7.71. The van der Waals surface area contributed by atoms with Gasteiger partial charge >= 0.3 is 0 Å². The predicted octanol–water partition coefficient (Wildman–Crippen LogP) is 4.16. The van der Waals surface area contributed by atoms with E-state index in [1.54, 1.807) is 61.5 Å². The Morgan fingerprint density at radius 1 is 1.12 bits per heavy atom. The van der Waals surface area contributed by atoms with Gasteiger partial charge in [-0.3, -0.25) is 14.5 Å². The number of para-hydroxylation sites is 2. The number of carbonyl (C=O) groups is 2. The van der Waals surface area contributed by atoms with E-state index in [1.807, 2.05) is 0 Å². The molecule has 1 unspecified atom stereocenters. The van der Waals surface area contributed by atoms with E-state index in [9.17, 15) is 14.7 Å². The molecule has 1 saturated heterocycles. The van der Waals surface area contributed by atoms with E-state index in [0.717, 1.165) is 11.3 Å². The van der Waals surface area contributed by atoms with Crippen molar-refractivity contribution in [3.63, 3.8) is 0 Å². The molecule has 5 rings (SSSR count). The fourth-order valence-corrected chi connectivity index (χ4v) is 4.27. The lowest BCUT2D eigenvalue weighted by Crippen LogP contribution is -2.29. The first-order valence-corrected chi connectivity index (χ1v) is 10.3. The Bertz CT molecular complexity index is 1270. The fraction of sp³-hybridized carbons (Fsp3) is 0.200. The van der Waals surface area contributed by atoms with Crippen LogP contribution in [0.2, 0.25) is 0 Å². The van der Waals surface area contributed by atoms with Gasteiger partial charge in [-0.05, 0) is 55.0 Å². The van der Waals surface area contributed by atoms with E-state index in [1.165, 1.54) is 12.0 Å². The number of fused-ring (bicyclic) bond motifs is 1. The van der Waals surface area contributed by atoms with Gasteiger partial charge in [-0.2, -0.15) is 0 Å². The lowest BCUT2D eigenvalue weighted by Gasteiger charge is -2.25. The summed E-state index contributed by atoms with van der Waals surface area (Å²) in [6.07, 6.45) is 0.715. The number of benzene rings is 2. The van der Waals surface area contributed by atoms with Crippen molar-refractivity contribution in [3.8, 4) is 11.5 Å². The Morgan fingerprint density at radius 3 is 2.69 bits per heavy atom. The number of hydrogen-bond acceptors (Lipinski definition) is 6. The van der Waals surface area contributed by atoms with Crippen molar-refractivity contribution < 1.29 is 28.6 Å². The molecule has 1 N–H and O–H groups in total. The van der Waals surface area contributed by atoms with Crippen LogP contribution in [-0.2, 0) is 16.0 Å². The Hall–Kier alpha value is -4.00. The average molecular weight is 431 g/mol. The average Bonchev–Trinajstić information content (AvgIpc) is 3.51. The van der Waals surface area contributed by atoms with E-state index >= 15 is 0 Å². The van der Waals surface area contributed by atoms with Gasteiger partial charge in [0.05, 0.1) is 25.0 Å². The summed E-state index contributed by atoms with van der Waals surface area (Å²) in [5.74, 6) is 0.379. The van der Waals surface area contributed by atoms with Crippen molar-refractivity contribution in [1.29, 1.82) is 0 Å². The standard InChI is InChI=1S/C25H21NO6/c1-14-7-9-20(32-14)22-21(23(27)16-8-10-18-15(13-16)11-12-31-18)24(28)25(29)26(22)17-5-3-4-6-19(17)30-2/h3-10,13,22,27H,11-12H2,1-2H3/b23-21-. The number of methoxy groups -OCH3 is 1. The summed E-state index contributed by atoms with van der Waals surface area (Å²) in [5.41, 5.74) is 1.77. The van der Waals surface area contributed by atoms with Gasteiger partial charge in [-0.25, -0.2) is 0 Å². The third-order valence-electron chi connectivity index (χ3n) is 5.78. The summed E-state index contributed by atoms with van der Waals surface area (Å²) in [6, 6.07) is 14.7. The summed E-state index contributed by atoms with van der Waals surface area (Å²) in [4.78, 5) is 27.7. The highest BCUT2D eigenvalue weighted by molar-refractivity contribution is 6.51. The quantitative estimate of drug-likeness (QED) is 0.379. The molecule has 1 fully saturated rings. The van der Waals surface area contributed by atoms with Crippen molar-refractivity contribution in [3.05, 3.63) is 82.8 Å². The van der Waals surface area contributed by atoms with Crippen LogP contribution in [0, 0.1) is 6.92 Å². The van der Waals surface area contributed by atoms with E-state index < -0.39 is 17.7 Å². The molecule has 3 aromatic rings. The molecule has 0 saturated carbocycles. The first-order valence-electron chi connectivity index (χ1n) is 10.3. The predicted molar refractivity (Wildman–Crippen MR) is 117 cm³/mol. The van der Waals surface area contributed by atoms with E-state index in [0.29, 0.717) is 41.5 Å². The lowest BCUT2D eigenvalue weighted by atomic mass is 9.97. The van der Waals surface area contributed by atoms with Crippen LogP contribution in [0.4, 0.5) is 5.69 Å². The summed E-state index contributed by atoms with van der Waals surface area (Å²) in [7, 11) is 1.49. The number of furan rings is 1. The van der Waals surface area contributed by atoms with Gasteiger partial charge in [0, 0.05) is 12.0 Å². The van der Waals surface area contributed by atoms with Gasteiger partial charge in [0.1, 0.15) is 34.8 Å². The molecular formula is C25H21NO6. The zero-order valence-electron chi connectivity index (χ0n) is 17.6. The molecule has 0 radical (unpaired) electrons. The van der Waals surface area contributed by atoms with Gasteiger partial charge in [0.15, 0.2) is 0 Å². The number of aliphatic hydroxyl groups excluding tert-OH is 1. The number of aryl methyl sites for hydroxylation is 1. The molecule has 2 aromatic carbocycles. The first-order chi connectivity index (χ1) is 15.5. The van der Waals surface area contributed by atoms with Crippen LogP contribution in [0.25, 0.3) is 5.76 Å². The number of carbonyl (C=O) groups excluding carboxylic acids is 2. The largest absolute Gasteiger partial charge is 0.507 e. The fourth-order valence-electron chi connectivity index (χ4n) is 4.27. The Kier molecular flexibility index (Phi) is 4.74. The maximum Gasteiger partial charge on any atom is 0.300 e. The van der Waals surface area contributed by atoms with Crippen molar-refractivity contribution in [1.82, 2.24) is 0 Å². The van der Waals surface area contributed by atoms with Crippen LogP contribution in [0.1, 0.15) is 28.7 Å². The highest BCUT2D eigenvalue weighted by Crippen LogP contribution is 2.45. The molecule has 7 nitrogen and oxygen atoms in total. The number of nitrogens with zero attached hydrogens (tertiary/aromatic N) is 1. The SMILES string of the molecule is COc1ccccc1N1C(=O)C(=O)/C(=C(\O)c2ccc3c(c2)CCO3)C1c1ccc(C)o1.